The van der Waals surface area contributed by atoms with E-state index in [0.29, 0.717) is 5.69 Å². The van der Waals surface area contributed by atoms with Crippen molar-refractivity contribution in [1.29, 1.82) is 0 Å². The zero-order valence-electron chi connectivity index (χ0n) is 16.3. The van der Waals surface area contributed by atoms with Crippen molar-refractivity contribution in [3.8, 4) is 21.8 Å². The van der Waals surface area contributed by atoms with Crippen LogP contribution in [0.5, 0.6) is 0 Å². The van der Waals surface area contributed by atoms with Crippen molar-refractivity contribution in [2.24, 2.45) is 0 Å². The molecular formula is C23H16ClN3O3S. The van der Waals surface area contributed by atoms with E-state index in [2.05, 4.69) is 24.4 Å². The monoisotopic (exact) mass is 449 g/mol. The second kappa shape index (κ2) is 8.67. The summed E-state index contributed by atoms with van der Waals surface area (Å²) in [6.45, 7) is 2.06. The summed E-state index contributed by atoms with van der Waals surface area (Å²) in [5, 5.41) is 16.8. The molecule has 0 aliphatic rings. The number of aryl methyl sites for hydroxylation is 1. The third-order valence-electron chi connectivity index (χ3n) is 4.72. The van der Waals surface area contributed by atoms with Crippen LogP contribution in [0.3, 0.4) is 0 Å². The van der Waals surface area contributed by atoms with Crippen LogP contribution in [0, 0.1) is 17.0 Å². The number of carbonyl (C=O) groups is 1. The zero-order chi connectivity index (χ0) is 22.0. The first-order valence-corrected chi connectivity index (χ1v) is 10.6. The fourth-order valence-electron chi connectivity index (χ4n) is 3.07. The Hall–Kier alpha value is -3.55. The summed E-state index contributed by atoms with van der Waals surface area (Å²) in [6, 6.07) is 19.1. The number of thiazole rings is 1. The molecule has 1 amide bonds. The average molecular weight is 450 g/mol. The van der Waals surface area contributed by atoms with Gasteiger partial charge in [0.2, 0.25) is 0 Å². The third kappa shape index (κ3) is 4.47. The van der Waals surface area contributed by atoms with Gasteiger partial charge in [-0.25, -0.2) is 4.98 Å². The summed E-state index contributed by atoms with van der Waals surface area (Å²) in [4.78, 5) is 27.7. The number of anilines is 1. The number of benzene rings is 3. The van der Waals surface area contributed by atoms with Crippen LogP contribution in [0.4, 0.5) is 11.4 Å². The number of hydrogen-bond donors (Lipinski definition) is 1. The van der Waals surface area contributed by atoms with E-state index >= 15 is 0 Å². The molecule has 0 saturated carbocycles. The van der Waals surface area contributed by atoms with Crippen LogP contribution in [0.15, 0.2) is 72.1 Å². The molecule has 0 atom stereocenters. The summed E-state index contributed by atoms with van der Waals surface area (Å²) in [7, 11) is 0. The number of halogens is 1. The molecule has 0 radical (unpaired) electrons. The Kier molecular flexibility index (Phi) is 5.79. The first-order chi connectivity index (χ1) is 14.9. The molecule has 0 unspecified atom stereocenters. The molecular weight excluding hydrogens is 434 g/mol. The van der Waals surface area contributed by atoms with Crippen LogP contribution < -0.4 is 5.32 Å². The number of rotatable bonds is 5. The van der Waals surface area contributed by atoms with Crippen molar-refractivity contribution >= 4 is 40.2 Å². The molecule has 3 aromatic carbocycles. The molecule has 0 aliphatic carbocycles. The van der Waals surface area contributed by atoms with E-state index in [4.69, 9.17) is 16.6 Å². The Labute approximate surface area is 187 Å². The maximum absolute atomic E-state index is 12.5. The molecule has 154 valence electrons. The van der Waals surface area contributed by atoms with Gasteiger partial charge in [-0.2, -0.15) is 0 Å². The molecule has 4 rings (SSSR count). The molecule has 0 aliphatic heterocycles. The quantitative estimate of drug-likeness (QED) is 0.274. The Balaban J connectivity index is 1.52. The van der Waals surface area contributed by atoms with Gasteiger partial charge < -0.3 is 5.32 Å². The highest BCUT2D eigenvalue weighted by molar-refractivity contribution is 7.13. The number of nitro benzene ring substituents is 1. The largest absolute Gasteiger partial charge is 0.322 e. The Morgan fingerprint density at radius 2 is 1.84 bits per heavy atom. The van der Waals surface area contributed by atoms with E-state index in [-0.39, 0.29) is 16.3 Å². The number of hydrogen-bond acceptors (Lipinski definition) is 5. The first-order valence-electron chi connectivity index (χ1n) is 9.29. The fourth-order valence-corrected chi connectivity index (χ4v) is 4.19. The fraction of sp³-hybridized carbons (Fsp3) is 0.0435. The summed E-state index contributed by atoms with van der Waals surface area (Å²) in [5.41, 5.74) is 4.44. The molecule has 1 N–H and O–H groups in total. The minimum atomic E-state index is -0.568. The maximum Gasteiger partial charge on any atom is 0.270 e. The standard InChI is InChI=1S/C23H16ClN3O3S/c1-14-4-2-3-5-18(14)23-26-21(13-31-23)15-6-8-16(9-7-15)25-22(28)19-12-17(27(29)30)10-11-20(19)24/h2-13H,1H3,(H,25,28). The van der Waals surface area contributed by atoms with Crippen LogP contribution in [0.25, 0.3) is 21.8 Å². The van der Waals surface area contributed by atoms with Crippen molar-refractivity contribution in [2.45, 2.75) is 6.92 Å². The van der Waals surface area contributed by atoms with E-state index in [1.165, 1.54) is 17.7 Å². The lowest BCUT2D eigenvalue weighted by Gasteiger charge is -2.07. The first kappa shape index (κ1) is 20.7. The molecule has 0 bridgehead atoms. The molecule has 0 fully saturated rings. The van der Waals surface area contributed by atoms with Gasteiger partial charge in [0.1, 0.15) is 5.01 Å². The number of nitro groups is 1. The molecule has 1 aromatic heterocycles. The predicted octanol–water partition coefficient (Wildman–Crippen LogP) is 6.60. The number of non-ortho nitro benzene ring substituents is 1. The summed E-state index contributed by atoms with van der Waals surface area (Å²) in [5.74, 6) is -0.517. The van der Waals surface area contributed by atoms with Crippen LogP contribution in [0.2, 0.25) is 5.02 Å². The average Bonchev–Trinajstić information content (AvgIpc) is 3.24. The zero-order valence-corrected chi connectivity index (χ0v) is 17.9. The van der Waals surface area contributed by atoms with Gasteiger partial charge in [-0.1, -0.05) is 48.0 Å². The van der Waals surface area contributed by atoms with E-state index < -0.39 is 10.8 Å². The van der Waals surface area contributed by atoms with E-state index in [1.807, 2.05) is 29.6 Å². The van der Waals surface area contributed by atoms with Crippen molar-refractivity contribution < 1.29 is 9.72 Å². The number of aromatic nitrogens is 1. The van der Waals surface area contributed by atoms with Gasteiger partial charge >= 0.3 is 0 Å². The highest BCUT2D eigenvalue weighted by Gasteiger charge is 2.16. The summed E-state index contributed by atoms with van der Waals surface area (Å²) in [6.07, 6.45) is 0. The minimum absolute atomic E-state index is 0.0438. The van der Waals surface area contributed by atoms with E-state index in [0.717, 1.165) is 27.9 Å². The Morgan fingerprint density at radius 1 is 1.10 bits per heavy atom. The van der Waals surface area contributed by atoms with E-state index in [1.54, 1.807) is 23.5 Å². The lowest BCUT2D eigenvalue weighted by molar-refractivity contribution is -0.384. The second-order valence-electron chi connectivity index (χ2n) is 6.81. The number of nitrogens with zero attached hydrogens (tertiary/aromatic N) is 2. The molecule has 4 aromatic rings. The van der Waals surface area contributed by atoms with Crippen LogP contribution in [-0.4, -0.2) is 15.8 Å². The topological polar surface area (TPSA) is 85.1 Å². The SMILES string of the molecule is Cc1ccccc1-c1nc(-c2ccc(NC(=O)c3cc([N+](=O)[O-])ccc3Cl)cc2)cs1. The van der Waals surface area contributed by atoms with Gasteiger partial charge in [-0.15, -0.1) is 11.3 Å². The van der Waals surface area contributed by atoms with E-state index in [9.17, 15) is 14.9 Å². The van der Waals surface area contributed by atoms with Crippen molar-refractivity contribution in [3.63, 3.8) is 0 Å². The van der Waals surface area contributed by atoms with Crippen molar-refractivity contribution in [3.05, 3.63) is 98.4 Å². The lowest BCUT2D eigenvalue weighted by atomic mass is 10.1. The molecule has 31 heavy (non-hydrogen) atoms. The number of nitrogens with one attached hydrogen (secondary N) is 1. The smallest absolute Gasteiger partial charge is 0.270 e. The third-order valence-corrected chi connectivity index (χ3v) is 5.93. The van der Waals surface area contributed by atoms with Gasteiger partial charge in [-0.3, -0.25) is 14.9 Å². The minimum Gasteiger partial charge on any atom is -0.322 e. The molecule has 8 heteroatoms. The van der Waals surface area contributed by atoms with Crippen LogP contribution in [-0.2, 0) is 0 Å². The Bertz CT molecular complexity index is 1290. The second-order valence-corrected chi connectivity index (χ2v) is 8.07. The number of carbonyl (C=O) groups excluding carboxylic acids is 1. The van der Waals surface area contributed by atoms with Crippen LogP contribution >= 0.6 is 22.9 Å². The molecule has 0 saturated heterocycles. The normalized spacial score (nSPS) is 10.6. The highest BCUT2D eigenvalue weighted by atomic mass is 35.5. The maximum atomic E-state index is 12.5. The predicted molar refractivity (Wildman–Crippen MR) is 124 cm³/mol. The van der Waals surface area contributed by atoms with Gasteiger partial charge in [0, 0.05) is 34.3 Å². The summed E-state index contributed by atoms with van der Waals surface area (Å²) < 4.78 is 0. The van der Waals surface area contributed by atoms with Gasteiger partial charge in [0.15, 0.2) is 0 Å². The highest BCUT2D eigenvalue weighted by Crippen LogP contribution is 2.31. The van der Waals surface area contributed by atoms with Crippen molar-refractivity contribution in [1.82, 2.24) is 4.98 Å². The van der Waals surface area contributed by atoms with Gasteiger partial charge in [-0.05, 0) is 30.7 Å². The molecule has 6 nitrogen and oxygen atoms in total. The summed E-state index contributed by atoms with van der Waals surface area (Å²) >= 11 is 7.62. The van der Waals surface area contributed by atoms with Gasteiger partial charge in [0.25, 0.3) is 11.6 Å². The van der Waals surface area contributed by atoms with Crippen LogP contribution in [0.1, 0.15) is 15.9 Å². The van der Waals surface area contributed by atoms with Gasteiger partial charge in [0.05, 0.1) is 21.2 Å². The molecule has 0 spiro atoms. The number of amides is 1. The lowest BCUT2D eigenvalue weighted by Crippen LogP contribution is -2.12. The van der Waals surface area contributed by atoms with Crippen molar-refractivity contribution in [2.75, 3.05) is 5.32 Å². The molecule has 1 heterocycles. The Morgan fingerprint density at radius 3 is 2.55 bits per heavy atom.